The van der Waals surface area contributed by atoms with Gasteiger partial charge in [0.1, 0.15) is 5.75 Å². The summed E-state index contributed by atoms with van der Waals surface area (Å²) in [7, 11) is 0. The molecule has 1 aliphatic rings. The second-order valence-electron chi connectivity index (χ2n) is 6.27. The first kappa shape index (κ1) is 16.0. The summed E-state index contributed by atoms with van der Waals surface area (Å²) in [5.41, 5.74) is 3.05. The molecule has 3 heteroatoms. The summed E-state index contributed by atoms with van der Waals surface area (Å²) in [6.07, 6.45) is 2.47. The van der Waals surface area contributed by atoms with Gasteiger partial charge in [-0.3, -0.25) is 9.69 Å². The van der Waals surface area contributed by atoms with Crippen LogP contribution in [0, 0.1) is 19.8 Å². The van der Waals surface area contributed by atoms with E-state index in [1.54, 1.807) is 0 Å². The molecule has 0 bridgehead atoms. The minimum absolute atomic E-state index is 0.177. The number of ether oxygens (including phenoxy) is 1. The molecule has 1 saturated heterocycles. The van der Waals surface area contributed by atoms with Crippen molar-refractivity contribution in [2.45, 2.75) is 40.5 Å². The van der Waals surface area contributed by atoms with Crippen LogP contribution < -0.4 is 4.74 Å². The van der Waals surface area contributed by atoms with Gasteiger partial charge in [0.15, 0.2) is 5.78 Å². The summed E-state index contributed by atoms with van der Waals surface area (Å²) >= 11 is 0. The Hall–Kier alpha value is -1.35. The zero-order valence-corrected chi connectivity index (χ0v) is 13.7. The van der Waals surface area contributed by atoms with Crippen LogP contribution in [0.2, 0.25) is 0 Å². The fraction of sp³-hybridized carbons (Fsp3) is 0.611. The average molecular weight is 289 g/mol. The van der Waals surface area contributed by atoms with E-state index in [2.05, 4.69) is 18.7 Å². The Balaban J connectivity index is 2.15. The van der Waals surface area contributed by atoms with E-state index >= 15 is 0 Å². The van der Waals surface area contributed by atoms with Crippen molar-refractivity contribution in [2.75, 3.05) is 26.2 Å². The normalized spacial score (nSPS) is 19.5. The van der Waals surface area contributed by atoms with Crippen LogP contribution in [-0.4, -0.2) is 36.9 Å². The van der Waals surface area contributed by atoms with Crippen molar-refractivity contribution in [2.24, 2.45) is 5.92 Å². The third-order valence-electron chi connectivity index (χ3n) is 4.30. The number of benzene rings is 1. The number of nitrogens with zero attached hydrogens (tertiary/aromatic N) is 1. The fourth-order valence-electron chi connectivity index (χ4n) is 3.00. The zero-order valence-electron chi connectivity index (χ0n) is 13.7. The quantitative estimate of drug-likeness (QED) is 0.775. The van der Waals surface area contributed by atoms with E-state index in [0.717, 1.165) is 30.0 Å². The highest BCUT2D eigenvalue weighted by atomic mass is 16.5. The highest BCUT2D eigenvalue weighted by Crippen LogP contribution is 2.25. The molecule has 0 aliphatic carbocycles. The van der Waals surface area contributed by atoms with Gasteiger partial charge in [-0.2, -0.15) is 0 Å². The second-order valence-corrected chi connectivity index (χ2v) is 6.27. The molecule has 1 atom stereocenters. The van der Waals surface area contributed by atoms with Crippen LogP contribution in [0.5, 0.6) is 5.75 Å². The molecule has 2 rings (SSSR count). The van der Waals surface area contributed by atoms with E-state index in [4.69, 9.17) is 4.74 Å². The molecule has 0 N–H and O–H groups in total. The molecule has 0 saturated carbocycles. The summed E-state index contributed by atoms with van der Waals surface area (Å²) in [5, 5.41) is 0. The van der Waals surface area contributed by atoms with Crippen molar-refractivity contribution in [1.29, 1.82) is 0 Å². The number of rotatable bonds is 5. The van der Waals surface area contributed by atoms with Gasteiger partial charge in [-0.05, 0) is 69.3 Å². The number of hydrogen-bond donors (Lipinski definition) is 0. The lowest BCUT2D eigenvalue weighted by atomic mass is 9.98. The van der Waals surface area contributed by atoms with Crippen LogP contribution >= 0.6 is 0 Å². The monoisotopic (exact) mass is 289 g/mol. The van der Waals surface area contributed by atoms with Crippen molar-refractivity contribution >= 4 is 5.78 Å². The number of Topliss-reactive ketones (excluding diaryl/α,β-unsaturated/α-hetero) is 1. The number of piperidine rings is 1. The number of carbonyl (C=O) groups excluding carboxylic acids is 1. The molecule has 0 spiro atoms. The maximum absolute atomic E-state index is 12.7. The van der Waals surface area contributed by atoms with Gasteiger partial charge < -0.3 is 4.74 Å². The summed E-state index contributed by atoms with van der Waals surface area (Å²) in [6, 6.07) is 3.97. The van der Waals surface area contributed by atoms with Crippen molar-refractivity contribution in [3.63, 3.8) is 0 Å². The summed E-state index contributed by atoms with van der Waals surface area (Å²) < 4.78 is 5.66. The lowest BCUT2D eigenvalue weighted by Crippen LogP contribution is -2.38. The summed E-state index contributed by atoms with van der Waals surface area (Å²) in [6.45, 7) is 11.5. The highest BCUT2D eigenvalue weighted by Gasteiger charge is 2.21. The number of hydrogen-bond acceptors (Lipinski definition) is 3. The van der Waals surface area contributed by atoms with Gasteiger partial charge in [-0.25, -0.2) is 0 Å². The van der Waals surface area contributed by atoms with Crippen LogP contribution in [0.15, 0.2) is 12.1 Å². The predicted octanol–water partition coefficient (Wildman–Crippen LogP) is 3.62. The molecule has 1 heterocycles. The Kier molecular flexibility index (Phi) is 5.40. The van der Waals surface area contributed by atoms with Crippen molar-refractivity contribution in [3.05, 3.63) is 28.8 Å². The fourth-order valence-corrected chi connectivity index (χ4v) is 3.00. The minimum Gasteiger partial charge on any atom is -0.493 e. The van der Waals surface area contributed by atoms with Gasteiger partial charge in [-0.1, -0.05) is 6.92 Å². The first-order chi connectivity index (χ1) is 10.0. The summed E-state index contributed by atoms with van der Waals surface area (Å²) in [4.78, 5) is 14.9. The van der Waals surface area contributed by atoms with E-state index < -0.39 is 0 Å². The molecule has 0 amide bonds. The van der Waals surface area contributed by atoms with E-state index in [0.29, 0.717) is 19.1 Å². The Bertz CT molecular complexity index is 510. The van der Waals surface area contributed by atoms with Crippen LogP contribution in [0.25, 0.3) is 0 Å². The Morgan fingerprint density at radius 1 is 1.33 bits per heavy atom. The smallest absolute Gasteiger partial charge is 0.180 e. The molecule has 0 aromatic heterocycles. The van der Waals surface area contributed by atoms with Gasteiger partial charge in [0.05, 0.1) is 18.7 Å². The van der Waals surface area contributed by atoms with Crippen LogP contribution in [0.1, 0.15) is 48.2 Å². The van der Waals surface area contributed by atoms with Crippen LogP contribution in [0.3, 0.4) is 0 Å². The first-order valence-corrected chi connectivity index (χ1v) is 8.00. The van der Waals surface area contributed by atoms with Crippen LogP contribution in [0.4, 0.5) is 0 Å². The molecular formula is C18H27NO2. The van der Waals surface area contributed by atoms with Crippen molar-refractivity contribution in [1.82, 2.24) is 4.90 Å². The van der Waals surface area contributed by atoms with E-state index in [9.17, 15) is 4.79 Å². The second kappa shape index (κ2) is 7.08. The number of carbonyl (C=O) groups is 1. The molecule has 1 fully saturated rings. The predicted molar refractivity (Wildman–Crippen MR) is 86.3 cm³/mol. The third kappa shape index (κ3) is 4.07. The first-order valence-electron chi connectivity index (χ1n) is 8.00. The van der Waals surface area contributed by atoms with Crippen LogP contribution in [-0.2, 0) is 0 Å². The van der Waals surface area contributed by atoms with Gasteiger partial charge in [0.25, 0.3) is 0 Å². The Morgan fingerprint density at radius 3 is 2.71 bits per heavy atom. The van der Waals surface area contributed by atoms with Gasteiger partial charge in [0.2, 0.25) is 0 Å². The average Bonchev–Trinajstić information content (AvgIpc) is 2.43. The van der Waals surface area contributed by atoms with Crippen molar-refractivity contribution in [3.8, 4) is 5.75 Å². The molecule has 1 unspecified atom stereocenters. The molecular weight excluding hydrogens is 262 g/mol. The number of ketones is 1. The maximum atomic E-state index is 12.7. The highest BCUT2D eigenvalue weighted by molar-refractivity contribution is 6.00. The molecule has 1 aliphatic heterocycles. The Morgan fingerprint density at radius 2 is 2.05 bits per heavy atom. The zero-order chi connectivity index (χ0) is 15.4. The standard InChI is InChI=1S/C18H27NO2/c1-5-21-18-10-15(4)14(3)9-16(18)17(20)12-19-8-6-7-13(2)11-19/h9-10,13H,5-8,11-12H2,1-4H3. The minimum atomic E-state index is 0.177. The third-order valence-corrected chi connectivity index (χ3v) is 4.30. The van der Waals surface area contributed by atoms with Gasteiger partial charge >= 0.3 is 0 Å². The van der Waals surface area contributed by atoms with E-state index in [1.165, 1.54) is 18.4 Å². The topological polar surface area (TPSA) is 29.5 Å². The number of aryl methyl sites for hydroxylation is 2. The van der Waals surface area contributed by atoms with E-state index in [1.807, 2.05) is 26.0 Å². The largest absolute Gasteiger partial charge is 0.493 e. The molecule has 21 heavy (non-hydrogen) atoms. The SMILES string of the molecule is CCOc1cc(C)c(C)cc1C(=O)CN1CCCC(C)C1. The molecule has 116 valence electrons. The van der Waals surface area contributed by atoms with Gasteiger partial charge in [0, 0.05) is 6.54 Å². The lowest BCUT2D eigenvalue weighted by Gasteiger charge is -2.30. The maximum Gasteiger partial charge on any atom is 0.180 e. The van der Waals surface area contributed by atoms with E-state index in [-0.39, 0.29) is 5.78 Å². The molecule has 1 aromatic rings. The summed E-state index contributed by atoms with van der Waals surface area (Å²) in [5.74, 6) is 1.60. The molecule has 1 aromatic carbocycles. The lowest BCUT2D eigenvalue weighted by molar-refractivity contribution is 0.0889. The molecule has 0 radical (unpaired) electrons. The Labute approximate surface area is 128 Å². The molecule has 3 nitrogen and oxygen atoms in total. The van der Waals surface area contributed by atoms with Gasteiger partial charge in [-0.15, -0.1) is 0 Å². The number of likely N-dealkylation sites (tertiary alicyclic amines) is 1. The van der Waals surface area contributed by atoms with Crippen molar-refractivity contribution < 1.29 is 9.53 Å².